The molecule has 0 fully saturated rings. The van der Waals surface area contributed by atoms with E-state index in [9.17, 15) is 4.79 Å². The van der Waals surface area contributed by atoms with Crippen molar-refractivity contribution in [2.24, 2.45) is 5.73 Å². The average molecular weight is 226 g/mol. The number of amides is 1. The van der Waals surface area contributed by atoms with Gasteiger partial charge in [-0.3, -0.25) is 0 Å². The molecule has 1 heterocycles. The number of rotatable bonds is 1. The number of fused-ring (bicyclic) bond motifs is 1. The van der Waals surface area contributed by atoms with Crippen LogP contribution in [0, 0.1) is 0 Å². The third-order valence-electron chi connectivity index (χ3n) is 1.54. The molecule has 1 aromatic heterocycles. The molecule has 0 saturated carbocycles. The largest absolute Gasteiger partial charge is 0.411 e. The summed E-state index contributed by atoms with van der Waals surface area (Å²) in [5, 5.41) is 0.256. The van der Waals surface area contributed by atoms with Gasteiger partial charge in [0.2, 0.25) is 0 Å². The lowest BCUT2D eigenvalue weighted by Gasteiger charge is -1.90. The van der Waals surface area contributed by atoms with Crippen LogP contribution < -0.4 is 10.5 Å². The van der Waals surface area contributed by atoms with Gasteiger partial charge in [0.1, 0.15) is 0 Å². The number of carbonyl (C=O) groups is 1. The number of carbonyl (C=O) groups excluding carboxylic acids is 1. The third kappa shape index (κ3) is 1.80. The lowest BCUT2D eigenvalue weighted by atomic mass is 10.3. The van der Waals surface area contributed by atoms with Gasteiger partial charge in [-0.15, -0.1) is 12.6 Å². The Labute approximate surface area is 89.1 Å². The van der Waals surface area contributed by atoms with Gasteiger partial charge in [-0.25, -0.2) is 9.78 Å². The lowest BCUT2D eigenvalue weighted by molar-refractivity contribution is 0.211. The van der Waals surface area contributed by atoms with Crippen LogP contribution in [0.3, 0.4) is 0 Å². The molecule has 0 aliphatic heterocycles. The van der Waals surface area contributed by atoms with Crippen molar-refractivity contribution in [2.45, 2.75) is 4.90 Å². The van der Waals surface area contributed by atoms with Crippen LogP contribution in [0.15, 0.2) is 23.1 Å². The highest BCUT2D eigenvalue weighted by Crippen LogP contribution is 2.29. The van der Waals surface area contributed by atoms with E-state index in [2.05, 4.69) is 22.3 Å². The molecule has 1 aromatic carbocycles. The number of nitrogens with zero attached hydrogens (tertiary/aromatic N) is 1. The molecule has 0 saturated heterocycles. The Morgan fingerprint density at radius 1 is 1.57 bits per heavy atom. The molecule has 0 spiro atoms. The molecular weight excluding hydrogens is 220 g/mol. The van der Waals surface area contributed by atoms with Crippen LogP contribution in [0.4, 0.5) is 4.79 Å². The van der Waals surface area contributed by atoms with Crippen molar-refractivity contribution < 1.29 is 9.53 Å². The number of benzene rings is 1. The maximum atomic E-state index is 10.5. The van der Waals surface area contributed by atoms with Crippen molar-refractivity contribution in [3.63, 3.8) is 0 Å². The fraction of sp³-hybridized carbons (Fsp3) is 0. The topological polar surface area (TPSA) is 65.2 Å². The van der Waals surface area contributed by atoms with Crippen molar-refractivity contribution in [3.05, 3.63) is 18.2 Å². The molecule has 0 bridgehead atoms. The highest BCUT2D eigenvalue weighted by molar-refractivity contribution is 7.80. The molecule has 0 radical (unpaired) electrons. The van der Waals surface area contributed by atoms with Gasteiger partial charge in [0.15, 0.2) is 0 Å². The van der Waals surface area contributed by atoms with Gasteiger partial charge in [0.25, 0.3) is 5.19 Å². The Morgan fingerprint density at radius 2 is 2.36 bits per heavy atom. The Hall–Kier alpha value is -1.27. The van der Waals surface area contributed by atoms with Crippen LogP contribution in [0.2, 0.25) is 0 Å². The monoisotopic (exact) mass is 226 g/mol. The van der Waals surface area contributed by atoms with E-state index >= 15 is 0 Å². The molecule has 14 heavy (non-hydrogen) atoms. The first-order chi connectivity index (χ1) is 6.65. The van der Waals surface area contributed by atoms with E-state index in [0.717, 1.165) is 15.1 Å². The minimum atomic E-state index is -0.852. The highest BCUT2D eigenvalue weighted by atomic mass is 32.1. The molecule has 0 atom stereocenters. The first kappa shape index (κ1) is 9.29. The fourth-order valence-electron chi connectivity index (χ4n) is 1.02. The number of aromatic nitrogens is 1. The van der Waals surface area contributed by atoms with E-state index in [1.54, 1.807) is 0 Å². The van der Waals surface area contributed by atoms with E-state index in [0.29, 0.717) is 0 Å². The van der Waals surface area contributed by atoms with Crippen molar-refractivity contribution >= 4 is 40.3 Å². The van der Waals surface area contributed by atoms with E-state index in [4.69, 9.17) is 5.73 Å². The van der Waals surface area contributed by atoms with Crippen molar-refractivity contribution in [1.29, 1.82) is 0 Å². The predicted octanol–water partition coefficient (Wildman–Crippen LogP) is 2.04. The Morgan fingerprint density at radius 3 is 3.07 bits per heavy atom. The zero-order valence-corrected chi connectivity index (χ0v) is 8.64. The van der Waals surface area contributed by atoms with Crippen LogP contribution in [0.1, 0.15) is 0 Å². The van der Waals surface area contributed by atoms with Crippen molar-refractivity contribution in [3.8, 4) is 5.19 Å². The second-order valence-corrected chi connectivity index (χ2v) is 4.06. The molecule has 72 valence electrons. The van der Waals surface area contributed by atoms with Crippen molar-refractivity contribution in [1.82, 2.24) is 4.98 Å². The second-order valence-electron chi connectivity index (χ2n) is 2.55. The number of hydrogen-bond donors (Lipinski definition) is 2. The molecule has 0 unspecified atom stereocenters. The highest BCUT2D eigenvalue weighted by Gasteiger charge is 2.06. The molecule has 0 aliphatic rings. The predicted molar refractivity (Wildman–Crippen MR) is 57.1 cm³/mol. The van der Waals surface area contributed by atoms with Gasteiger partial charge in [0, 0.05) is 4.90 Å². The lowest BCUT2D eigenvalue weighted by Crippen LogP contribution is -2.15. The van der Waals surface area contributed by atoms with Crippen LogP contribution in [-0.2, 0) is 0 Å². The van der Waals surface area contributed by atoms with Gasteiger partial charge in [0.05, 0.1) is 10.2 Å². The number of hydrogen-bond acceptors (Lipinski definition) is 5. The zero-order chi connectivity index (χ0) is 10.1. The van der Waals surface area contributed by atoms with E-state index in [1.165, 1.54) is 11.3 Å². The number of ether oxygens (including phenoxy) is 1. The van der Waals surface area contributed by atoms with E-state index in [-0.39, 0.29) is 5.19 Å². The SMILES string of the molecule is NC(=O)Oc1nc2ccc(S)cc2s1. The Bertz CT molecular complexity index is 495. The van der Waals surface area contributed by atoms with Gasteiger partial charge < -0.3 is 10.5 Å². The maximum Gasteiger partial charge on any atom is 0.411 e. The summed E-state index contributed by atoms with van der Waals surface area (Å²) in [5.74, 6) is 0. The molecule has 0 aliphatic carbocycles. The van der Waals surface area contributed by atoms with Gasteiger partial charge >= 0.3 is 6.09 Å². The molecule has 2 rings (SSSR count). The standard InChI is InChI=1S/C8H6N2O2S2/c9-7(11)12-8-10-5-2-1-4(13)3-6(5)14-8/h1-3,13H,(H2,9,11). The molecule has 6 heteroatoms. The quantitative estimate of drug-likeness (QED) is 0.731. The van der Waals surface area contributed by atoms with Crippen LogP contribution in [-0.4, -0.2) is 11.1 Å². The smallest absolute Gasteiger partial charge is 0.381 e. The summed E-state index contributed by atoms with van der Waals surface area (Å²) in [6, 6.07) is 5.48. The summed E-state index contributed by atoms with van der Waals surface area (Å²) in [7, 11) is 0. The molecule has 2 aromatic rings. The van der Waals surface area contributed by atoms with Crippen LogP contribution in [0.5, 0.6) is 5.19 Å². The van der Waals surface area contributed by atoms with Gasteiger partial charge in [-0.2, -0.15) is 0 Å². The van der Waals surface area contributed by atoms with Crippen LogP contribution in [0.25, 0.3) is 10.2 Å². The summed E-state index contributed by atoms with van der Waals surface area (Å²) in [6.07, 6.45) is -0.852. The first-order valence-electron chi connectivity index (χ1n) is 3.72. The van der Waals surface area contributed by atoms with E-state index < -0.39 is 6.09 Å². The van der Waals surface area contributed by atoms with E-state index in [1.807, 2.05) is 18.2 Å². The van der Waals surface area contributed by atoms with Crippen molar-refractivity contribution in [2.75, 3.05) is 0 Å². The maximum absolute atomic E-state index is 10.5. The average Bonchev–Trinajstić information content (AvgIpc) is 2.44. The number of nitrogens with two attached hydrogens (primary N) is 1. The molecule has 1 amide bonds. The zero-order valence-electron chi connectivity index (χ0n) is 6.93. The molecule has 2 N–H and O–H groups in total. The summed E-state index contributed by atoms with van der Waals surface area (Å²) >= 11 is 5.44. The van der Waals surface area contributed by atoms with Crippen LogP contribution >= 0.6 is 24.0 Å². The summed E-state index contributed by atoms with van der Waals surface area (Å²) in [5.41, 5.74) is 5.63. The minimum Gasteiger partial charge on any atom is -0.381 e. The number of thiazole rings is 1. The summed E-state index contributed by atoms with van der Waals surface area (Å²) in [6.45, 7) is 0. The molecule has 4 nitrogen and oxygen atoms in total. The third-order valence-corrected chi connectivity index (χ3v) is 2.71. The van der Waals surface area contributed by atoms with Gasteiger partial charge in [-0.05, 0) is 18.2 Å². The molecular formula is C8H6N2O2S2. The minimum absolute atomic E-state index is 0.256. The number of primary amides is 1. The first-order valence-corrected chi connectivity index (χ1v) is 4.98. The normalized spacial score (nSPS) is 10.4. The Kier molecular flexibility index (Phi) is 2.30. The second kappa shape index (κ2) is 3.47. The Balaban J connectivity index is 2.46. The van der Waals surface area contributed by atoms with Gasteiger partial charge in [-0.1, -0.05) is 11.3 Å². The number of thiol groups is 1. The fourth-order valence-corrected chi connectivity index (χ4v) is 2.17. The summed E-state index contributed by atoms with van der Waals surface area (Å²) in [4.78, 5) is 15.4. The summed E-state index contributed by atoms with van der Waals surface area (Å²) < 4.78 is 5.57.